The molecule has 0 radical (unpaired) electrons. The van der Waals surface area contributed by atoms with Crippen molar-refractivity contribution in [3.63, 3.8) is 0 Å². The molecular weight excluding hydrogens is 444 g/mol. The molecule has 4 heterocycles. The van der Waals surface area contributed by atoms with Gasteiger partial charge in [-0.3, -0.25) is 4.90 Å². The van der Waals surface area contributed by atoms with Crippen molar-refractivity contribution in [3.05, 3.63) is 57.6 Å². The minimum absolute atomic E-state index is 0.0954. The van der Waals surface area contributed by atoms with Gasteiger partial charge in [-0.1, -0.05) is 39.4 Å². The summed E-state index contributed by atoms with van der Waals surface area (Å²) in [6.45, 7) is 2.94. The number of nitrogens with zero attached hydrogens (tertiary/aromatic N) is 4. The molecule has 1 saturated heterocycles. The summed E-state index contributed by atoms with van der Waals surface area (Å²) >= 11 is 5.01. The lowest BCUT2D eigenvalue weighted by atomic mass is 10.0. The van der Waals surface area contributed by atoms with E-state index < -0.39 is 0 Å². The second kappa shape index (κ2) is 7.32. The third-order valence-electron chi connectivity index (χ3n) is 4.76. The third kappa shape index (κ3) is 3.14. The predicted octanol–water partition coefficient (Wildman–Crippen LogP) is 3.94. The molecule has 0 spiro atoms. The Kier molecular flexibility index (Phi) is 4.67. The van der Waals surface area contributed by atoms with Crippen LogP contribution in [0.1, 0.15) is 16.5 Å². The number of thiazole rings is 1. The lowest BCUT2D eigenvalue weighted by Crippen LogP contribution is -2.39. The van der Waals surface area contributed by atoms with Gasteiger partial charge in [0, 0.05) is 17.6 Å². The van der Waals surface area contributed by atoms with Crippen molar-refractivity contribution >= 4 is 32.2 Å². The molecule has 7 nitrogen and oxygen atoms in total. The minimum atomic E-state index is -0.0954. The number of aromatic nitrogens is 3. The fraction of sp³-hybridized carbons (Fsp3) is 0.263. The highest BCUT2D eigenvalue weighted by atomic mass is 79.9. The Morgan fingerprint density at radius 2 is 2.04 bits per heavy atom. The summed E-state index contributed by atoms with van der Waals surface area (Å²) in [5, 5.41) is 15.4. The number of furan rings is 1. The summed E-state index contributed by atoms with van der Waals surface area (Å²) in [5.41, 5.74) is 1.10. The molecule has 0 saturated carbocycles. The van der Waals surface area contributed by atoms with E-state index in [1.807, 2.05) is 12.1 Å². The van der Waals surface area contributed by atoms with E-state index in [4.69, 9.17) is 9.15 Å². The molecule has 28 heavy (non-hydrogen) atoms. The molecule has 144 valence electrons. The fourth-order valence-electron chi connectivity index (χ4n) is 3.48. The van der Waals surface area contributed by atoms with Crippen LogP contribution in [0.15, 0.2) is 51.6 Å². The van der Waals surface area contributed by atoms with Gasteiger partial charge < -0.3 is 14.3 Å². The molecule has 0 bridgehead atoms. The first-order valence-electron chi connectivity index (χ1n) is 8.90. The van der Waals surface area contributed by atoms with Crippen molar-refractivity contribution in [3.8, 4) is 17.5 Å². The van der Waals surface area contributed by atoms with E-state index in [1.54, 1.807) is 18.4 Å². The summed E-state index contributed by atoms with van der Waals surface area (Å²) in [5.74, 6) is 1.15. The number of ether oxygens (including phenoxy) is 1. The lowest BCUT2D eigenvalue weighted by molar-refractivity contribution is 0.0241. The number of halogens is 1. The summed E-state index contributed by atoms with van der Waals surface area (Å²) < 4.78 is 13.4. The lowest BCUT2D eigenvalue weighted by Gasteiger charge is -2.34. The fourth-order valence-corrected chi connectivity index (χ4v) is 5.01. The van der Waals surface area contributed by atoms with E-state index in [-0.39, 0.29) is 11.9 Å². The highest BCUT2D eigenvalue weighted by molar-refractivity contribution is 9.10. The number of hydrogen-bond donors (Lipinski definition) is 1. The van der Waals surface area contributed by atoms with Crippen LogP contribution in [0.3, 0.4) is 0 Å². The number of morpholine rings is 1. The maximum absolute atomic E-state index is 11.0. The molecule has 1 aliphatic heterocycles. The minimum Gasteiger partial charge on any atom is -0.492 e. The van der Waals surface area contributed by atoms with Crippen LogP contribution in [0.25, 0.3) is 16.5 Å². The van der Waals surface area contributed by atoms with E-state index in [0.29, 0.717) is 29.8 Å². The largest absolute Gasteiger partial charge is 0.492 e. The number of hydrogen-bond acceptors (Lipinski definition) is 7. The summed E-state index contributed by atoms with van der Waals surface area (Å²) in [6, 6.07) is 11.7. The van der Waals surface area contributed by atoms with E-state index in [2.05, 4.69) is 43.0 Å². The van der Waals surface area contributed by atoms with Crippen LogP contribution in [-0.2, 0) is 4.74 Å². The van der Waals surface area contributed by atoms with Gasteiger partial charge in [-0.25, -0.2) is 0 Å². The first kappa shape index (κ1) is 17.9. The first-order chi connectivity index (χ1) is 13.7. The summed E-state index contributed by atoms with van der Waals surface area (Å²) in [6.07, 6.45) is 1.58. The standard InChI is InChI=1S/C19H17BrN4O3S/c20-13-4-1-3-12(11-13)15(23-6-9-26-10-7-23)16-18(25)24-19(28-16)21-17(22-24)14-5-2-8-27-14/h1-5,8,11,15,25H,6-7,9-10H2/t15-/m0/s1. The van der Waals surface area contributed by atoms with Gasteiger partial charge in [0.25, 0.3) is 0 Å². The van der Waals surface area contributed by atoms with Crippen molar-refractivity contribution in [2.75, 3.05) is 26.3 Å². The van der Waals surface area contributed by atoms with Crippen LogP contribution >= 0.6 is 27.3 Å². The first-order valence-corrected chi connectivity index (χ1v) is 10.5. The topological polar surface area (TPSA) is 76.0 Å². The van der Waals surface area contributed by atoms with E-state index in [9.17, 15) is 5.11 Å². The zero-order chi connectivity index (χ0) is 19.1. The van der Waals surface area contributed by atoms with Crippen molar-refractivity contribution in [2.45, 2.75) is 6.04 Å². The number of aromatic hydroxyl groups is 1. The van der Waals surface area contributed by atoms with E-state index in [0.717, 1.165) is 28.0 Å². The molecule has 1 aromatic carbocycles. The Labute approximate surface area is 173 Å². The number of rotatable bonds is 4. The number of benzene rings is 1. The SMILES string of the molecule is Oc1c([C@H](c2cccc(Br)c2)N2CCOCC2)sc2nc(-c3ccco3)nn12. The summed E-state index contributed by atoms with van der Waals surface area (Å²) in [7, 11) is 0. The average Bonchev–Trinajstić information content (AvgIpc) is 3.42. The van der Waals surface area contributed by atoms with Crippen LogP contribution < -0.4 is 0 Å². The molecule has 1 aliphatic rings. The molecule has 0 amide bonds. The zero-order valence-corrected chi connectivity index (χ0v) is 17.2. The van der Waals surface area contributed by atoms with Crippen molar-refractivity contribution in [2.24, 2.45) is 0 Å². The van der Waals surface area contributed by atoms with Crippen molar-refractivity contribution < 1.29 is 14.3 Å². The van der Waals surface area contributed by atoms with Crippen LogP contribution in [0.4, 0.5) is 0 Å². The van der Waals surface area contributed by atoms with Crippen LogP contribution in [0.2, 0.25) is 0 Å². The Morgan fingerprint density at radius 3 is 2.75 bits per heavy atom. The van der Waals surface area contributed by atoms with E-state index in [1.165, 1.54) is 15.9 Å². The molecular formula is C19H17BrN4O3S. The Morgan fingerprint density at radius 1 is 1.18 bits per heavy atom. The molecule has 0 aliphatic carbocycles. The highest BCUT2D eigenvalue weighted by Crippen LogP contribution is 2.41. The maximum Gasteiger partial charge on any atom is 0.230 e. The smallest absolute Gasteiger partial charge is 0.230 e. The second-order valence-corrected chi connectivity index (χ2v) is 8.43. The van der Waals surface area contributed by atoms with Gasteiger partial charge in [-0.15, -0.1) is 5.10 Å². The van der Waals surface area contributed by atoms with Gasteiger partial charge in [0.1, 0.15) is 0 Å². The third-order valence-corrected chi connectivity index (χ3v) is 6.33. The quantitative estimate of drug-likeness (QED) is 0.496. The highest BCUT2D eigenvalue weighted by Gasteiger charge is 2.31. The molecule has 3 aromatic heterocycles. The Bertz CT molecular complexity index is 1100. The van der Waals surface area contributed by atoms with Gasteiger partial charge >= 0.3 is 0 Å². The second-order valence-electron chi connectivity index (χ2n) is 6.50. The van der Waals surface area contributed by atoms with Gasteiger partial charge in [0.15, 0.2) is 5.76 Å². The van der Waals surface area contributed by atoms with Crippen LogP contribution in [0.5, 0.6) is 5.88 Å². The molecule has 0 unspecified atom stereocenters. The van der Waals surface area contributed by atoms with E-state index >= 15 is 0 Å². The number of fused-ring (bicyclic) bond motifs is 1. The average molecular weight is 461 g/mol. The Balaban J connectivity index is 1.60. The normalized spacial score (nSPS) is 16.6. The van der Waals surface area contributed by atoms with Gasteiger partial charge in [0.2, 0.25) is 16.7 Å². The van der Waals surface area contributed by atoms with Crippen LogP contribution in [-0.4, -0.2) is 50.9 Å². The summed E-state index contributed by atoms with van der Waals surface area (Å²) in [4.78, 5) is 8.31. The molecule has 9 heteroatoms. The van der Waals surface area contributed by atoms with Crippen molar-refractivity contribution in [1.29, 1.82) is 0 Å². The van der Waals surface area contributed by atoms with Gasteiger partial charge in [-0.05, 0) is 29.8 Å². The Hall–Kier alpha value is -2.20. The predicted molar refractivity (Wildman–Crippen MR) is 109 cm³/mol. The van der Waals surface area contributed by atoms with Crippen molar-refractivity contribution in [1.82, 2.24) is 19.5 Å². The molecule has 1 atom stereocenters. The molecule has 4 aromatic rings. The van der Waals surface area contributed by atoms with Crippen LogP contribution in [0, 0.1) is 0 Å². The van der Waals surface area contributed by atoms with Gasteiger partial charge in [-0.2, -0.15) is 9.50 Å². The molecule has 1 fully saturated rings. The molecule has 5 rings (SSSR count). The zero-order valence-electron chi connectivity index (χ0n) is 14.8. The monoisotopic (exact) mass is 460 g/mol. The molecule has 1 N–H and O–H groups in total. The van der Waals surface area contributed by atoms with Gasteiger partial charge in [0.05, 0.1) is 30.4 Å². The maximum atomic E-state index is 11.0.